The molecule has 0 bridgehead atoms. The van der Waals surface area contributed by atoms with Crippen LogP contribution in [0.25, 0.3) is 0 Å². The zero-order valence-corrected chi connectivity index (χ0v) is 21.7. The van der Waals surface area contributed by atoms with Crippen molar-refractivity contribution >= 4 is 29.6 Å². The van der Waals surface area contributed by atoms with Gasteiger partial charge in [0.2, 0.25) is 23.6 Å². The SMILES string of the molecule is CC(C)CC(N)C(=O)NC(CCC(N)=O)C(=O)NC(Cc1ccc(O)cc1)C(=O)NC(C(=O)O)C(C)C. The molecule has 4 amide bonds. The Bertz CT molecular complexity index is 949. The Labute approximate surface area is 216 Å². The minimum Gasteiger partial charge on any atom is -0.508 e. The number of aromatic hydroxyl groups is 1. The van der Waals surface area contributed by atoms with E-state index in [-0.39, 0.29) is 30.9 Å². The lowest BCUT2D eigenvalue weighted by molar-refractivity contribution is -0.143. The first-order chi connectivity index (χ1) is 17.2. The average Bonchev–Trinajstić information content (AvgIpc) is 2.79. The highest BCUT2D eigenvalue weighted by molar-refractivity contribution is 5.94. The molecule has 1 rings (SSSR count). The Kier molecular flexibility index (Phi) is 12.5. The molecule has 12 nitrogen and oxygen atoms in total. The van der Waals surface area contributed by atoms with Crippen molar-refractivity contribution in [1.82, 2.24) is 16.0 Å². The topological polar surface area (TPSA) is 214 Å². The van der Waals surface area contributed by atoms with Gasteiger partial charge in [-0.05, 0) is 42.4 Å². The number of aliphatic carboxylic acids is 1. The first-order valence-corrected chi connectivity index (χ1v) is 12.2. The number of nitrogens with two attached hydrogens (primary N) is 2. The van der Waals surface area contributed by atoms with Crippen molar-refractivity contribution < 1.29 is 34.2 Å². The number of carbonyl (C=O) groups is 5. The number of benzene rings is 1. The molecular formula is C25H39N5O7. The summed E-state index contributed by atoms with van der Waals surface area (Å²) in [5.41, 5.74) is 11.7. The van der Waals surface area contributed by atoms with Crippen LogP contribution in [0.2, 0.25) is 0 Å². The molecular weight excluding hydrogens is 482 g/mol. The molecule has 37 heavy (non-hydrogen) atoms. The third-order valence-electron chi connectivity index (χ3n) is 5.61. The molecule has 206 valence electrons. The fourth-order valence-corrected chi connectivity index (χ4v) is 3.57. The van der Waals surface area contributed by atoms with Gasteiger partial charge in [-0.15, -0.1) is 0 Å². The lowest BCUT2D eigenvalue weighted by Gasteiger charge is -2.26. The maximum absolute atomic E-state index is 13.2. The molecule has 0 saturated carbocycles. The summed E-state index contributed by atoms with van der Waals surface area (Å²) < 4.78 is 0. The number of phenolic OH excluding ortho intramolecular Hbond substituents is 1. The third kappa shape index (κ3) is 11.3. The highest BCUT2D eigenvalue weighted by Gasteiger charge is 2.31. The third-order valence-corrected chi connectivity index (χ3v) is 5.61. The van der Waals surface area contributed by atoms with E-state index >= 15 is 0 Å². The summed E-state index contributed by atoms with van der Waals surface area (Å²) in [6, 6.07) is 1.39. The summed E-state index contributed by atoms with van der Waals surface area (Å²) in [5, 5.41) is 26.5. The summed E-state index contributed by atoms with van der Waals surface area (Å²) in [5.74, 6) is -4.32. The number of primary amides is 1. The Morgan fingerprint density at radius 1 is 0.865 bits per heavy atom. The fourth-order valence-electron chi connectivity index (χ4n) is 3.57. The summed E-state index contributed by atoms with van der Waals surface area (Å²) in [6.45, 7) is 7.03. The van der Waals surface area contributed by atoms with Crippen LogP contribution in [0, 0.1) is 11.8 Å². The number of carbonyl (C=O) groups excluding carboxylic acids is 4. The maximum atomic E-state index is 13.2. The predicted molar refractivity (Wildman–Crippen MR) is 136 cm³/mol. The van der Waals surface area contributed by atoms with Gasteiger partial charge < -0.3 is 37.6 Å². The molecule has 9 N–H and O–H groups in total. The van der Waals surface area contributed by atoms with Crippen LogP contribution >= 0.6 is 0 Å². The Hall–Kier alpha value is -3.67. The number of hydrogen-bond acceptors (Lipinski definition) is 7. The van der Waals surface area contributed by atoms with Crippen LogP contribution in [-0.4, -0.2) is 64.0 Å². The fraction of sp³-hybridized carbons (Fsp3) is 0.560. The van der Waals surface area contributed by atoms with Gasteiger partial charge in [-0.1, -0.05) is 39.8 Å². The van der Waals surface area contributed by atoms with Crippen LogP contribution in [0.4, 0.5) is 0 Å². The van der Waals surface area contributed by atoms with Crippen molar-refractivity contribution in [2.75, 3.05) is 0 Å². The van der Waals surface area contributed by atoms with E-state index in [2.05, 4.69) is 16.0 Å². The van der Waals surface area contributed by atoms with Crippen LogP contribution in [0.1, 0.15) is 52.5 Å². The molecule has 12 heteroatoms. The molecule has 0 spiro atoms. The second-order valence-corrected chi connectivity index (χ2v) is 9.80. The summed E-state index contributed by atoms with van der Waals surface area (Å²) in [6.07, 6.45) is -0.00105. The molecule has 0 aliphatic heterocycles. The largest absolute Gasteiger partial charge is 0.508 e. The predicted octanol–water partition coefficient (Wildman–Crippen LogP) is -0.231. The standard InChI is InChI=1S/C25H39N5O7/c1-13(2)11-17(26)22(33)28-18(9-10-20(27)32)23(34)29-19(12-15-5-7-16(31)8-6-15)24(35)30-21(14(3)4)25(36)37/h5-8,13-14,17-19,21,31H,9-12,26H2,1-4H3,(H2,27,32)(H,28,33)(H,29,34)(H,30,35)(H,36,37). The molecule has 0 heterocycles. The molecule has 1 aromatic carbocycles. The van der Waals surface area contributed by atoms with Gasteiger partial charge in [0.05, 0.1) is 6.04 Å². The highest BCUT2D eigenvalue weighted by Crippen LogP contribution is 2.13. The van der Waals surface area contributed by atoms with E-state index in [9.17, 15) is 34.2 Å². The van der Waals surface area contributed by atoms with Crippen molar-refractivity contribution in [2.24, 2.45) is 23.3 Å². The van der Waals surface area contributed by atoms with Crippen molar-refractivity contribution in [3.8, 4) is 5.75 Å². The molecule has 4 unspecified atom stereocenters. The summed E-state index contributed by atoms with van der Waals surface area (Å²) in [4.78, 5) is 61.8. The van der Waals surface area contributed by atoms with Crippen molar-refractivity contribution in [3.05, 3.63) is 29.8 Å². The molecule has 0 fully saturated rings. The van der Waals surface area contributed by atoms with Gasteiger partial charge in [-0.3, -0.25) is 19.2 Å². The second kappa shape index (κ2) is 14.8. The van der Waals surface area contributed by atoms with Crippen LogP contribution in [0.3, 0.4) is 0 Å². The number of amides is 4. The molecule has 0 radical (unpaired) electrons. The van der Waals surface area contributed by atoms with Gasteiger partial charge in [-0.25, -0.2) is 4.79 Å². The second-order valence-electron chi connectivity index (χ2n) is 9.80. The van der Waals surface area contributed by atoms with E-state index in [0.717, 1.165) is 0 Å². The smallest absolute Gasteiger partial charge is 0.326 e. The van der Waals surface area contributed by atoms with E-state index in [1.807, 2.05) is 13.8 Å². The molecule has 0 aromatic heterocycles. The Balaban J connectivity index is 3.18. The number of carboxylic acid groups (broad SMARTS) is 1. The van der Waals surface area contributed by atoms with Gasteiger partial charge in [-0.2, -0.15) is 0 Å². The highest BCUT2D eigenvalue weighted by atomic mass is 16.4. The van der Waals surface area contributed by atoms with E-state index < -0.39 is 59.7 Å². The zero-order valence-electron chi connectivity index (χ0n) is 21.7. The summed E-state index contributed by atoms with van der Waals surface area (Å²) >= 11 is 0. The number of hydrogen-bond donors (Lipinski definition) is 7. The minimum atomic E-state index is -1.23. The number of carboxylic acids is 1. The van der Waals surface area contributed by atoms with Crippen LogP contribution < -0.4 is 27.4 Å². The number of phenols is 1. The lowest BCUT2D eigenvalue weighted by Crippen LogP contribution is -2.58. The monoisotopic (exact) mass is 521 g/mol. The van der Waals surface area contributed by atoms with E-state index in [1.54, 1.807) is 26.0 Å². The molecule has 0 aliphatic carbocycles. The Morgan fingerprint density at radius 2 is 1.41 bits per heavy atom. The lowest BCUT2D eigenvalue weighted by atomic mass is 10.0. The van der Waals surface area contributed by atoms with E-state index in [0.29, 0.717) is 12.0 Å². The molecule has 0 saturated heterocycles. The van der Waals surface area contributed by atoms with Gasteiger partial charge in [0, 0.05) is 12.8 Å². The van der Waals surface area contributed by atoms with Gasteiger partial charge in [0.15, 0.2) is 0 Å². The average molecular weight is 522 g/mol. The van der Waals surface area contributed by atoms with E-state index in [1.165, 1.54) is 12.1 Å². The number of rotatable bonds is 15. The van der Waals surface area contributed by atoms with E-state index in [4.69, 9.17) is 11.5 Å². The van der Waals surface area contributed by atoms with Crippen LogP contribution in [0.15, 0.2) is 24.3 Å². The van der Waals surface area contributed by atoms with Crippen LogP contribution in [0.5, 0.6) is 5.75 Å². The van der Waals surface area contributed by atoms with Gasteiger partial charge in [0.25, 0.3) is 0 Å². The Morgan fingerprint density at radius 3 is 1.89 bits per heavy atom. The zero-order chi connectivity index (χ0) is 28.3. The molecule has 1 aromatic rings. The van der Waals surface area contributed by atoms with Crippen molar-refractivity contribution in [1.29, 1.82) is 0 Å². The quantitative estimate of drug-likeness (QED) is 0.163. The first-order valence-electron chi connectivity index (χ1n) is 12.2. The normalized spacial score (nSPS) is 14.4. The van der Waals surface area contributed by atoms with Gasteiger partial charge >= 0.3 is 5.97 Å². The molecule has 4 atom stereocenters. The number of nitrogens with one attached hydrogen (secondary N) is 3. The minimum absolute atomic E-state index is 0.00602. The van der Waals surface area contributed by atoms with Gasteiger partial charge in [0.1, 0.15) is 23.9 Å². The molecule has 0 aliphatic rings. The van der Waals surface area contributed by atoms with Crippen molar-refractivity contribution in [2.45, 2.75) is 77.5 Å². The van der Waals surface area contributed by atoms with Crippen LogP contribution in [-0.2, 0) is 30.4 Å². The maximum Gasteiger partial charge on any atom is 0.326 e. The summed E-state index contributed by atoms with van der Waals surface area (Å²) in [7, 11) is 0. The first kappa shape index (κ1) is 31.4. The van der Waals surface area contributed by atoms with Crippen molar-refractivity contribution in [3.63, 3.8) is 0 Å².